The maximum absolute atomic E-state index is 13.0. The highest BCUT2D eigenvalue weighted by Gasteiger charge is 2.30. The first kappa shape index (κ1) is 19.3. The minimum absolute atomic E-state index is 0.0230. The van der Waals surface area contributed by atoms with Gasteiger partial charge in [0.2, 0.25) is 0 Å². The molecule has 2 aromatic carbocycles. The Hall–Kier alpha value is -3.46. The van der Waals surface area contributed by atoms with Crippen molar-refractivity contribution in [3.63, 3.8) is 0 Å². The zero-order chi connectivity index (χ0) is 20.3. The van der Waals surface area contributed by atoms with Gasteiger partial charge in [-0.3, -0.25) is 14.9 Å². The number of nitrogens with one attached hydrogen (secondary N) is 3. The molecular weight excluding hydrogens is 380 g/mol. The normalized spacial score (nSPS) is 16.1. The minimum atomic E-state index is -0.534. The van der Waals surface area contributed by atoms with E-state index in [4.69, 9.17) is 17.0 Å². The van der Waals surface area contributed by atoms with Crippen molar-refractivity contribution in [1.82, 2.24) is 10.6 Å². The van der Waals surface area contributed by atoms with E-state index in [1.807, 2.05) is 0 Å². The van der Waals surface area contributed by atoms with Crippen molar-refractivity contribution in [3.8, 4) is 5.75 Å². The number of hydrogen-bond acceptors (Lipinski definition) is 5. The molecule has 1 amide bonds. The van der Waals surface area contributed by atoms with E-state index < -0.39 is 11.0 Å². The van der Waals surface area contributed by atoms with Gasteiger partial charge in [-0.1, -0.05) is 0 Å². The molecular formula is C19H18N4O4S. The lowest BCUT2D eigenvalue weighted by Crippen LogP contribution is -2.45. The van der Waals surface area contributed by atoms with Crippen LogP contribution in [0.25, 0.3) is 0 Å². The lowest BCUT2D eigenvalue weighted by molar-refractivity contribution is -0.384. The number of non-ortho nitro benzene ring substituents is 1. The molecule has 1 heterocycles. The highest BCUT2D eigenvalue weighted by molar-refractivity contribution is 7.80. The number of nitro benzene ring substituents is 1. The van der Waals surface area contributed by atoms with E-state index in [2.05, 4.69) is 16.0 Å². The van der Waals surface area contributed by atoms with Crippen molar-refractivity contribution in [2.75, 3.05) is 12.4 Å². The fraction of sp³-hybridized carbons (Fsp3) is 0.158. The highest BCUT2D eigenvalue weighted by Crippen LogP contribution is 2.29. The summed E-state index contributed by atoms with van der Waals surface area (Å²) in [4.78, 5) is 23.4. The smallest absolute Gasteiger partial charge is 0.269 e. The van der Waals surface area contributed by atoms with E-state index >= 15 is 0 Å². The molecule has 3 N–H and O–H groups in total. The molecule has 0 spiro atoms. The van der Waals surface area contributed by atoms with Crippen LogP contribution >= 0.6 is 12.2 Å². The van der Waals surface area contributed by atoms with Gasteiger partial charge in [0.05, 0.1) is 23.6 Å². The van der Waals surface area contributed by atoms with Crippen molar-refractivity contribution in [2.24, 2.45) is 0 Å². The van der Waals surface area contributed by atoms with Gasteiger partial charge in [-0.05, 0) is 61.1 Å². The molecule has 0 aliphatic carbocycles. The van der Waals surface area contributed by atoms with Gasteiger partial charge >= 0.3 is 0 Å². The van der Waals surface area contributed by atoms with Crippen LogP contribution in [0.3, 0.4) is 0 Å². The number of amides is 1. The third-order valence-corrected chi connectivity index (χ3v) is 4.52. The van der Waals surface area contributed by atoms with Gasteiger partial charge in [0.1, 0.15) is 5.75 Å². The number of ether oxygens (including phenoxy) is 1. The van der Waals surface area contributed by atoms with Crippen molar-refractivity contribution in [2.45, 2.75) is 13.0 Å². The molecule has 0 saturated carbocycles. The molecule has 0 aromatic heterocycles. The van der Waals surface area contributed by atoms with Crippen molar-refractivity contribution < 1.29 is 14.5 Å². The van der Waals surface area contributed by atoms with Gasteiger partial charge in [0.25, 0.3) is 11.6 Å². The Bertz CT molecular complexity index is 955. The fourth-order valence-corrected chi connectivity index (χ4v) is 3.18. The number of benzene rings is 2. The van der Waals surface area contributed by atoms with Crippen molar-refractivity contribution in [1.29, 1.82) is 0 Å². The Labute approximate surface area is 166 Å². The largest absolute Gasteiger partial charge is 0.497 e. The summed E-state index contributed by atoms with van der Waals surface area (Å²) in [5.41, 5.74) is 2.33. The maximum Gasteiger partial charge on any atom is 0.269 e. The Balaban J connectivity index is 1.90. The number of thiocarbonyl (C=S) groups is 1. The topological polar surface area (TPSA) is 106 Å². The third-order valence-electron chi connectivity index (χ3n) is 4.30. The number of nitrogens with zero attached hydrogens (tertiary/aromatic N) is 1. The number of nitro groups is 1. The summed E-state index contributed by atoms with van der Waals surface area (Å²) < 4.78 is 5.12. The van der Waals surface area contributed by atoms with Gasteiger partial charge in [0.15, 0.2) is 5.11 Å². The summed E-state index contributed by atoms with van der Waals surface area (Å²) in [5, 5.41) is 20.1. The van der Waals surface area contributed by atoms with Gasteiger partial charge in [-0.25, -0.2) is 0 Å². The summed E-state index contributed by atoms with van der Waals surface area (Å²) in [6, 6.07) is 12.5. The van der Waals surface area contributed by atoms with Crippen LogP contribution in [0.4, 0.5) is 11.4 Å². The molecule has 0 bridgehead atoms. The van der Waals surface area contributed by atoms with E-state index in [-0.39, 0.29) is 11.6 Å². The Morgan fingerprint density at radius 2 is 1.82 bits per heavy atom. The Kier molecular flexibility index (Phi) is 5.55. The van der Waals surface area contributed by atoms with Crippen LogP contribution in [0.5, 0.6) is 5.75 Å². The SMILES string of the molecule is COc1ccc(NC(=O)C2=C(C)NC(=S)N[C@H]2c2ccc([N+](=O)[O-])cc2)cc1. The standard InChI is InChI=1S/C19H18N4O4S/c1-11-16(18(24)21-13-5-9-15(27-2)10-6-13)17(22-19(28)20-11)12-3-7-14(8-4-12)23(25)26/h3-10,17H,1-2H3,(H,21,24)(H2,20,22,28)/t17-/m0/s1. The number of anilines is 1. The first-order valence-corrected chi connectivity index (χ1v) is 8.78. The van der Waals surface area contributed by atoms with Crippen LogP contribution in [-0.2, 0) is 4.79 Å². The number of hydrogen-bond donors (Lipinski definition) is 3. The zero-order valence-electron chi connectivity index (χ0n) is 15.2. The highest BCUT2D eigenvalue weighted by atomic mass is 32.1. The zero-order valence-corrected chi connectivity index (χ0v) is 16.0. The number of carbonyl (C=O) groups is 1. The number of allylic oxidation sites excluding steroid dienone is 1. The maximum atomic E-state index is 13.0. The number of methoxy groups -OCH3 is 1. The van der Waals surface area contributed by atoms with Gasteiger partial charge < -0.3 is 20.7 Å². The summed E-state index contributed by atoms with van der Waals surface area (Å²) in [6.07, 6.45) is 0. The van der Waals surface area contributed by atoms with Crippen LogP contribution in [-0.4, -0.2) is 23.1 Å². The average molecular weight is 398 g/mol. The monoisotopic (exact) mass is 398 g/mol. The van der Waals surface area contributed by atoms with E-state index in [0.29, 0.717) is 33.4 Å². The van der Waals surface area contributed by atoms with Crippen LogP contribution in [0, 0.1) is 10.1 Å². The molecule has 2 aromatic rings. The van der Waals surface area contributed by atoms with E-state index in [1.54, 1.807) is 50.4 Å². The Morgan fingerprint density at radius 1 is 1.18 bits per heavy atom. The number of rotatable bonds is 5. The molecule has 9 heteroatoms. The van der Waals surface area contributed by atoms with Crippen LogP contribution in [0.1, 0.15) is 18.5 Å². The summed E-state index contributed by atoms with van der Waals surface area (Å²) in [7, 11) is 1.57. The molecule has 1 atom stereocenters. The summed E-state index contributed by atoms with van der Waals surface area (Å²) in [5.74, 6) is 0.372. The molecule has 0 saturated heterocycles. The quantitative estimate of drug-likeness (QED) is 0.404. The fourth-order valence-electron chi connectivity index (χ4n) is 2.91. The first-order chi connectivity index (χ1) is 13.4. The van der Waals surface area contributed by atoms with Crippen LogP contribution < -0.4 is 20.7 Å². The molecule has 1 aliphatic heterocycles. The van der Waals surface area contributed by atoms with E-state index in [0.717, 1.165) is 0 Å². The van der Waals surface area contributed by atoms with Gasteiger partial charge in [-0.2, -0.15) is 0 Å². The van der Waals surface area contributed by atoms with Crippen molar-refractivity contribution in [3.05, 3.63) is 75.5 Å². The second-order valence-corrected chi connectivity index (χ2v) is 6.51. The average Bonchev–Trinajstić information content (AvgIpc) is 2.68. The molecule has 3 rings (SSSR count). The molecule has 144 valence electrons. The molecule has 0 fully saturated rings. The first-order valence-electron chi connectivity index (χ1n) is 8.37. The molecule has 0 unspecified atom stereocenters. The second-order valence-electron chi connectivity index (χ2n) is 6.10. The van der Waals surface area contributed by atoms with Crippen molar-refractivity contribution >= 4 is 34.6 Å². The van der Waals surface area contributed by atoms with E-state index in [1.165, 1.54) is 12.1 Å². The summed E-state index contributed by atoms with van der Waals surface area (Å²) in [6.45, 7) is 1.76. The summed E-state index contributed by atoms with van der Waals surface area (Å²) >= 11 is 5.21. The predicted molar refractivity (Wildman–Crippen MR) is 109 cm³/mol. The van der Waals surface area contributed by atoms with Gasteiger partial charge in [-0.15, -0.1) is 0 Å². The van der Waals surface area contributed by atoms with Crippen LogP contribution in [0.15, 0.2) is 59.8 Å². The lowest BCUT2D eigenvalue weighted by Gasteiger charge is -2.30. The van der Waals surface area contributed by atoms with Crippen LogP contribution in [0.2, 0.25) is 0 Å². The minimum Gasteiger partial charge on any atom is -0.497 e. The Morgan fingerprint density at radius 3 is 2.39 bits per heavy atom. The molecule has 28 heavy (non-hydrogen) atoms. The molecule has 8 nitrogen and oxygen atoms in total. The molecule has 1 aliphatic rings. The molecule has 0 radical (unpaired) electrons. The second kappa shape index (κ2) is 8.05. The van der Waals surface area contributed by atoms with E-state index in [9.17, 15) is 14.9 Å². The predicted octanol–water partition coefficient (Wildman–Crippen LogP) is 3.03. The van der Waals surface area contributed by atoms with Gasteiger partial charge in [0, 0.05) is 23.5 Å². The number of carbonyl (C=O) groups excluding carboxylic acids is 1. The third kappa shape index (κ3) is 4.09. The lowest BCUT2D eigenvalue weighted by atomic mass is 9.94.